The minimum Gasteiger partial charge on any atom is -0.294 e. The Balaban J connectivity index is 1.18. The van der Waals surface area contributed by atoms with Crippen molar-refractivity contribution in [3.63, 3.8) is 0 Å². The molecular weight excluding hydrogens is 621 g/mol. The topological polar surface area (TPSA) is 26.6 Å². The molecule has 0 atom stereocenters. The van der Waals surface area contributed by atoms with Crippen molar-refractivity contribution in [1.29, 1.82) is 0 Å². The van der Waals surface area contributed by atoms with E-state index < -0.39 is 0 Å². The van der Waals surface area contributed by atoms with Crippen LogP contribution in [0, 0.1) is 13.8 Å². The fourth-order valence-corrected chi connectivity index (χ4v) is 7.89. The maximum Gasteiger partial charge on any atom is 0.255 e. The minimum absolute atomic E-state index is 0.280. The number of fused-ring (bicyclic) bond motifs is 4. The van der Waals surface area contributed by atoms with Crippen LogP contribution in [0.4, 0.5) is 0 Å². The quantitative estimate of drug-likeness (QED) is 0.163. The van der Waals surface area contributed by atoms with E-state index >= 15 is 0 Å². The molecular formula is C47H39N4+. The highest BCUT2D eigenvalue weighted by Crippen LogP contribution is 2.39. The second-order valence-electron chi connectivity index (χ2n) is 14.1. The Labute approximate surface area is 298 Å². The van der Waals surface area contributed by atoms with Crippen molar-refractivity contribution in [3.8, 4) is 28.3 Å². The van der Waals surface area contributed by atoms with Crippen molar-refractivity contribution in [2.45, 2.75) is 33.1 Å². The van der Waals surface area contributed by atoms with Gasteiger partial charge in [0, 0.05) is 22.4 Å². The van der Waals surface area contributed by atoms with Crippen LogP contribution in [0.5, 0.6) is 0 Å². The monoisotopic (exact) mass is 659 g/mol. The van der Waals surface area contributed by atoms with Crippen LogP contribution in [0.2, 0.25) is 0 Å². The highest BCUT2D eigenvalue weighted by Gasteiger charge is 2.27. The van der Waals surface area contributed by atoms with Crippen molar-refractivity contribution in [3.05, 3.63) is 186 Å². The molecule has 0 aliphatic carbocycles. The van der Waals surface area contributed by atoms with Gasteiger partial charge in [-0.05, 0) is 108 Å². The molecule has 4 nitrogen and oxygen atoms in total. The summed E-state index contributed by atoms with van der Waals surface area (Å²) in [5, 5.41) is 2.45. The maximum atomic E-state index is 4.97. The zero-order chi connectivity index (χ0) is 34.7. The number of pyridine rings is 1. The molecule has 0 saturated carbocycles. The van der Waals surface area contributed by atoms with Crippen molar-refractivity contribution in [2.75, 3.05) is 0 Å². The number of para-hydroxylation sites is 4. The smallest absolute Gasteiger partial charge is 0.255 e. The second-order valence-corrected chi connectivity index (χ2v) is 14.1. The van der Waals surface area contributed by atoms with Gasteiger partial charge in [-0.3, -0.25) is 4.57 Å². The number of aromatic nitrogens is 4. The third-order valence-corrected chi connectivity index (χ3v) is 10.7. The first-order valence-electron chi connectivity index (χ1n) is 17.6. The zero-order valence-electron chi connectivity index (χ0n) is 29.4. The first-order chi connectivity index (χ1) is 24.9. The number of hydrogen-bond acceptors (Lipinski definition) is 1. The minimum atomic E-state index is -0.280. The maximum absolute atomic E-state index is 4.97. The Hall–Kier alpha value is -6.26. The molecule has 9 aromatic rings. The number of nitrogens with zero attached hydrogens (tertiary/aromatic N) is 4. The second kappa shape index (κ2) is 12.0. The van der Waals surface area contributed by atoms with Gasteiger partial charge in [0.15, 0.2) is 11.0 Å². The summed E-state index contributed by atoms with van der Waals surface area (Å²) in [7, 11) is 0. The summed E-state index contributed by atoms with van der Waals surface area (Å²) in [4.78, 5) is 4.97. The predicted octanol–water partition coefficient (Wildman–Crippen LogP) is 11.0. The first-order valence-corrected chi connectivity index (χ1v) is 17.6. The first kappa shape index (κ1) is 30.8. The van der Waals surface area contributed by atoms with Crippen LogP contribution < -0.4 is 4.57 Å². The lowest BCUT2D eigenvalue weighted by Crippen LogP contribution is -2.28. The van der Waals surface area contributed by atoms with Crippen LogP contribution in [0.1, 0.15) is 36.1 Å². The molecule has 4 heteroatoms. The summed E-state index contributed by atoms with van der Waals surface area (Å²) in [5.74, 6) is 0.921. The lowest BCUT2D eigenvalue weighted by Gasteiger charge is -2.26. The molecule has 0 radical (unpaired) electrons. The Morgan fingerprint density at radius 1 is 0.569 bits per heavy atom. The summed E-state index contributed by atoms with van der Waals surface area (Å²) in [5.41, 5.74) is 14.1. The fraction of sp³-hybridized carbons (Fsp3) is 0.106. The third-order valence-electron chi connectivity index (χ3n) is 10.7. The van der Waals surface area contributed by atoms with Crippen LogP contribution in [0.25, 0.3) is 61.2 Å². The zero-order valence-corrected chi connectivity index (χ0v) is 29.4. The summed E-state index contributed by atoms with van der Waals surface area (Å²) in [6.45, 7) is 9.04. The summed E-state index contributed by atoms with van der Waals surface area (Å²) in [6.07, 6.45) is 4.15. The van der Waals surface area contributed by atoms with E-state index in [-0.39, 0.29) is 5.41 Å². The van der Waals surface area contributed by atoms with Crippen LogP contribution in [0.15, 0.2) is 164 Å². The molecule has 0 bridgehead atoms. The van der Waals surface area contributed by atoms with Gasteiger partial charge in [0.2, 0.25) is 0 Å². The number of imidazole rings is 1. The Morgan fingerprint density at radius 3 is 2.08 bits per heavy atom. The number of hydrogen-bond donors (Lipinski definition) is 0. The van der Waals surface area contributed by atoms with E-state index in [1.54, 1.807) is 0 Å². The van der Waals surface area contributed by atoms with Gasteiger partial charge in [-0.2, -0.15) is 9.13 Å². The normalized spacial score (nSPS) is 11.9. The highest BCUT2D eigenvalue weighted by atomic mass is 15.1. The molecule has 0 spiro atoms. The van der Waals surface area contributed by atoms with E-state index in [0.29, 0.717) is 0 Å². The Kier molecular flexibility index (Phi) is 7.22. The largest absolute Gasteiger partial charge is 0.294 e. The Morgan fingerprint density at radius 2 is 1.25 bits per heavy atom. The van der Waals surface area contributed by atoms with E-state index in [2.05, 4.69) is 199 Å². The highest BCUT2D eigenvalue weighted by molar-refractivity contribution is 6.09. The number of rotatable bonds is 6. The molecule has 0 aliphatic heterocycles. The van der Waals surface area contributed by atoms with Crippen LogP contribution in [0.3, 0.4) is 0 Å². The van der Waals surface area contributed by atoms with Crippen molar-refractivity contribution >= 4 is 32.8 Å². The standard InChI is InChI=1S/C47H39N4/c1-32-14-12-15-33(2)46(32)34-26-27-48-45(28-34)51-41-21-9-8-20-39(41)40-25-24-36(30-44(40)51)47(3,4)35-16-13-19-38(29-35)50-31-49(37-17-6-5-7-18-37)42-22-10-11-23-43(42)50/h5-31H,1-4H3/q+1. The number of benzene rings is 6. The number of aryl methyl sites for hydroxylation is 2. The molecule has 0 unspecified atom stereocenters. The summed E-state index contributed by atoms with van der Waals surface area (Å²) < 4.78 is 6.91. The van der Waals surface area contributed by atoms with E-state index in [1.807, 2.05) is 6.20 Å². The lowest BCUT2D eigenvalue weighted by atomic mass is 9.77. The van der Waals surface area contributed by atoms with Gasteiger partial charge in [-0.15, -0.1) is 0 Å². The fourth-order valence-electron chi connectivity index (χ4n) is 7.89. The molecule has 0 saturated heterocycles. The molecule has 0 N–H and O–H groups in total. The van der Waals surface area contributed by atoms with Gasteiger partial charge in [0.25, 0.3) is 6.33 Å². The van der Waals surface area contributed by atoms with E-state index in [9.17, 15) is 0 Å². The lowest BCUT2D eigenvalue weighted by molar-refractivity contribution is -0.567. The third kappa shape index (κ3) is 5.06. The molecule has 0 fully saturated rings. The van der Waals surface area contributed by atoms with E-state index in [4.69, 9.17) is 4.98 Å². The molecule has 6 aromatic carbocycles. The van der Waals surface area contributed by atoms with E-state index in [1.165, 1.54) is 49.7 Å². The van der Waals surface area contributed by atoms with E-state index in [0.717, 1.165) is 33.7 Å². The molecule has 246 valence electrons. The van der Waals surface area contributed by atoms with Crippen molar-refractivity contribution in [2.24, 2.45) is 0 Å². The Bertz CT molecular complexity index is 2730. The average molecular weight is 660 g/mol. The molecule has 0 aliphatic rings. The molecule has 9 rings (SSSR count). The van der Waals surface area contributed by atoms with Crippen molar-refractivity contribution in [1.82, 2.24) is 14.1 Å². The van der Waals surface area contributed by atoms with Crippen LogP contribution in [-0.2, 0) is 5.41 Å². The molecule has 3 heterocycles. The molecule has 3 aromatic heterocycles. The van der Waals surface area contributed by atoms with Crippen LogP contribution >= 0.6 is 0 Å². The van der Waals surface area contributed by atoms with Crippen LogP contribution in [-0.4, -0.2) is 14.1 Å². The van der Waals surface area contributed by atoms with Gasteiger partial charge < -0.3 is 0 Å². The van der Waals surface area contributed by atoms with Gasteiger partial charge in [0.05, 0.1) is 11.0 Å². The van der Waals surface area contributed by atoms with Crippen molar-refractivity contribution < 1.29 is 4.57 Å². The van der Waals surface area contributed by atoms with Gasteiger partial charge >= 0.3 is 0 Å². The van der Waals surface area contributed by atoms with Gasteiger partial charge in [0.1, 0.15) is 17.2 Å². The van der Waals surface area contributed by atoms with Gasteiger partial charge in [-0.25, -0.2) is 4.98 Å². The molecule has 51 heavy (non-hydrogen) atoms. The van der Waals surface area contributed by atoms with Gasteiger partial charge in [-0.1, -0.05) is 105 Å². The SMILES string of the molecule is Cc1cccc(C)c1-c1ccnc(-n2c3ccccc3c3ccc(C(C)(C)c4cccc(-n5c[n+](-c6ccccc6)c6ccccc65)c4)cc32)c1. The summed E-state index contributed by atoms with van der Waals surface area (Å²) in [6, 6.07) is 54.7. The predicted molar refractivity (Wildman–Crippen MR) is 210 cm³/mol. The summed E-state index contributed by atoms with van der Waals surface area (Å²) >= 11 is 0. The molecule has 0 amide bonds. The average Bonchev–Trinajstić information content (AvgIpc) is 3.72.